The van der Waals surface area contributed by atoms with Crippen LogP contribution < -0.4 is 5.32 Å². The number of amides is 1. The topological polar surface area (TPSA) is 45.5 Å². The molecule has 4 nitrogen and oxygen atoms in total. The maximum absolute atomic E-state index is 13.3. The summed E-state index contributed by atoms with van der Waals surface area (Å²) in [6.07, 6.45) is 0. The molecule has 5 heteroatoms. The van der Waals surface area contributed by atoms with E-state index in [2.05, 4.69) is 36.2 Å². The van der Waals surface area contributed by atoms with Crippen LogP contribution >= 0.6 is 0 Å². The maximum atomic E-state index is 13.3. The van der Waals surface area contributed by atoms with Gasteiger partial charge in [-0.2, -0.15) is 0 Å². The highest BCUT2D eigenvalue weighted by Crippen LogP contribution is 2.17. The predicted molar refractivity (Wildman–Crippen MR) is 116 cm³/mol. The van der Waals surface area contributed by atoms with Gasteiger partial charge in [0.25, 0.3) is 5.91 Å². The number of halogens is 1. The fourth-order valence-electron chi connectivity index (χ4n) is 3.11. The number of benzene rings is 2. The van der Waals surface area contributed by atoms with Crippen LogP contribution in [-0.2, 0) is 19.6 Å². The Morgan fingerprint density at radius 2 is 1.53 bits per heavy atom. The minimum atomic E-state index is -0.245. The van der Waals surface area contributed by atoms with Crippen molar-refractivity contribution in [3.8, 4) is 0 Å². The van der Waals surface area contributed by atoms with Gasteiger partial charge in [-0.3, -0.25) is 9.69 Å². The summed E-state index contributed by atoms with van der Waals surface area (Å²) in [4.78, 5) is 14.6. The van der Waals surface area contributed by atoms with E-state index in [0.717, 1.165) is 11.3 Å². The van der Waals surface area contributed by atoms with Crippen LogP contribution in [0.15, 0.2) is 71.1 Å². The molecule has 1 N–H and O–H groups in total. The summed E-state index contributed by atoms with van der Waals surface area (Å²) >= 11 is 0. The Morgan fingerprint density at radius 1 is 0.900 bits per heavy atom. The van der Waals surface area contributed by atoms with Crippen molar-refractivity contribution in [2.24, 2.45) is 5.92 Å². The Kier molecular flexibility index (Phi) is 7.41. The Balaban J connectivity index is 1.71. The summed E-state index contributed by atoms with van der Waals surface area (Å²) in [5, 5.41) is 2.97. The summed E-state index contributed by atoms with van der Waals surface area (Å²) in [5.41, 5.74) is 2.19. The Bertz CT molecular complexity index is 935. The molecule has 1 unspecified atom stereocenters. The van der Waals surface area contributed by atoms with Crippen molar-refractivity contribution >= 4 is 5.91 Å². The second-order valence-corrected chi connectivity index (χ2v) is 8.03. The number of hydrogen-bond donors (Lipinski definition) is 1. The largest absolute Gasteiger partial charge is 0.455 e. The first kappa shape index (κ1) is 21.8. The first-order valence-electron chi connectivity index (χ1n) is 10.3. The molecule has 30 heavy (non-hydrogen) atoms. The van der Waals surface area contributed by atoms with E-state index in [1.54, 1.807) is 18.2 Å². The number of hydrogen-bond acceptors (Lipinski definition) is 3. The number of carbonyl (C=O) groups is 1. The van der Waals surface area contributed by atoms with Gasteiger partial charge >= 0.3 is 0 Å². The van der Waals surface area contributed by atoms with Gasteiger partial charge in [0.2, 0.25) is 0 Å². The lowest BCUT2D eigenvalue weighted by Gasteiger charge is -2.21. The van der Waals surface area contributed by atoms with Crippen molar-refractivity contribution < 1.29 is 13.6 Å². The number of carbonyl (C=O) groups excluding carboxylic acids is 1. The highest BCUT2D eigenvalue weighted by molar-refractivity contribution is 5.91. The van der Waals surface area contributed by atoms with E-state index < -0.39 is 0 Å². The lowest BCUT2D eigenvalue weighted by Crippen LogP contribution is -2.35. The van der Waals surface area contributed by atoms with Crippen LogP contribution in [-0.4, -0.2) is 16.8 Å². The lowest BCUT2D eigenvalue weighted by molar-refractivity contribution is 0.0898. The fourth-order valence-corrected chi connectivity index (χ4v) is 3.11. The van der Waals surface area contributed by atoms with Gasteiger partial charge in [0.1, 0.15) is 11.6 Å². The molecule has 0 radical (unpaired) electrons. The normalized spacial score (nSPS) is 12.3. The molecule has 1 heterocycles. The average molecular weight is 409 g/mol. The summed E-state index contributed by atoms with van der Waals surface area (Å²) in [7, 11) is 0. The molecule has 0 aliphatic carbocycles. The minimum absolute atomic E-state index is 0.0686. The molecule has 0 saturated carbocycles. The number of furan rings is 1. The highest BCUT2D eigenvalue weighted by Gasteiger charge is 2.17. The van der Waals surface area contributed by atoms with Crippen LogP contribution in [0.3, 0.4) is 0 Å². The van der Waals surface area contributed by atoms with Crippen molar-refractivity contribution in [3.05, 3.63) is 95.2 Å². The lowest BCUT2D eigenvalue weighted by atomic mass is 10.1. The van der Waals surface area contributed by atoms with E-state index in [4.69, 9.17) is 4.42 Å². The zero-order valence-electron chi connectivity index (χ0n) is 17.8. The molecular weight excluding hydrogens is 379 g/mol. The highest BCUT2D eigenvalue weighted by atomic mass is 19.1. The zero-order valence-corrected chi connectivity index (χ0v) is 17.8. The summed E-state index contributed by atoms with van der Waals surface area (Å²) in [6, 6.07) is 20.3. The monoisotopic (exact) mass is 408 g/mol. The number of nitrogens with zero attached hydrogens (tertiary/aromatic N) is 1. The van der Waals surface area contributed by atoms with E-state index in [1.807, 2.05) is 31.2 Å². The molecule has 3 aromatic rings. The fraction of sp³-hybridized carbons (Fsp3) is 0.320. The third-order valence-corrected chi connectivity index (χ3v) is 5.19. The first-order chi connectivity index (χ1) is 14.4. The van der Waals surface area contributed by atoms with Crippen LogP contribution in [0.5, 0.6) is 0 Å². The van der Waals surface area contributed by atoms with Crippen LogP contribution in [0.4, 0.5) is 4.39 Å². The summed E-state index contributed by atoms with van der Waals surface area (Å²) in [5.74, 6) is 0.941. The van der Waals surface area contributed by atoms with Crippen molar-refractivity contribution in [1.82, 2.24) is 10.2 Å². The Hall–Kier alpha value is -2.92. The molecular formula is C25H29FN2O2. The van der Waals surface area contributed by atoms with Gasteiger partial charge in [-0.1, -0.05) is 56.3 Å². The standard InChI is InChI=1S/C25H29FN2O2/c1-18(2)19(3)27-25(29)24-14-13-23(30-24)17-28(15-20-7-5-4-6-8-20)16-21-9-11-22(26)12-10-21/h4-14,18-19H,15-17H2,1-3H3,(H,27,29). The molecule has 0 fully saturated rings. The zero-order chi connectivity index (χ0) is 21.5. The van der Waals surface area contributed by atoms with Crippen LogP contribution in [0.25, 0.3) is 0 Å². The van der Waals surface area contributed by atoms with Gasteiger partial charge in [-0.15, -0.1) is 0 Å². The molecule has 1 aromatic heterocycles. The maximum Gasteiger partial charge on any atom is 0.287 e. The molecule has 1 atom stereocenters. The first-order valence-corrected chi connectivity index (χ1v) is 10.3. The minimum Gasteiger partial charge on any atom is -0.455 e. The molecule has 158 valence electrons. The van der Waals surface area contributed by atoms with Crippen molar-refractivity contribution in [3.63, 3.8) is 0 Å². The van der Waals surface area contributed by atoms with Gasteiger partial charge in [-0.25, -0.2) is 4.39 Å². The van der Waals surface area contributed by atoms with E-state index >= 15 is 0 Å². The van der Waals surface area contributed by atoms with Gasteiger partial charge < -0.3 is 9.73 Å². The third-order valence-electron chi connectivity index (χ3n) is 5.19. The second kappa shape index (κ2) is 10.2. The van der Waals surface area contributed by atoms with Crippen LogP contribution in [0.2, 0.25) is 0 Å². The van der Waals surface area contributed by atoms with E-state index in [1.165, 1.54) is 17.7 Å². The quantitative estimate of drug-likeness (QED) is 0.516. The molecule has 0 aliphatic rings. The van der Waals surface area contributed by atoms with Crippen molar-refractivity contribution in [2.45, 2.75) is 46.4 Å². The molecule has 0 saturated heterocycles. The number of nitrogens with one attached hydrogen (secondary N) is 1. The molecule has 3 rings (SSSR count). The van der Waals surface area contributed by atoms with E-state index in [9.17, 15) is 9.18 Å². The van der Waals surface area contributed by atoms with Crippen molar-refractivity contribution in [2.75, 3.05) is 0 Å². The molecule has 0 spiro atoms. The Labute approximate surface area is 177 Å². The predicted octanol–water partition coefficient (Wildman–Crippen LogP) is 5.40. The van der Waals surface area contributed by atoms with E-state index in [-0.39, 0.29) is 17.8 Å². The van der Waals surface area contributed by atoms with Gasteiger partial charge in [0, 0.05) is 19.1 Å². The summed E-state index contributed by atoms with van der Waals surface area (Å²) < 4.78 is 19.1. The summed E-state index contributed by atoms with van der Waals surface area (Å²) in [6.45, 7) is 8.01. The van der Waals surface area contributed by atoms with Gasteiger partial charge in [0.15, 0.2) is 5.76 Å². The van der Waals surface area contributed by atoms with Gasteiger partial charge in [-0.05, 0) is 48.2 Å². The molecule has 0 bridgehead atoms. The third kappa shape index (κ3) is 6.29. The van der Waals surface area contributed by atoms with Crippen LogP contribution in [0.1, 0.15) is 48.2 Å². The molecule has 2 aromatic carbocycles. The number of rotatable bonds is 9. The molecule has 1 amide bonds. The van der Waals surface area contributed by atoms with Crippen molar-refractivity contribution in [1.29, 1.82) is 0 Å². The SMILES string of the molecule is CC(C)C(C)NC(=O)c1ccc(CN(Cc2ccccc2)Cc2ccc(F)cc2)o1. The van der Waals surface area contributed by atoms with Crippen LogP contribution in [0, 0.1) is 11.7 Å². The molecule has 0 aliphatic heterocycles. The smallest absolute Gasteiger partial charge is 0.287 e. The average Bonchev–Trinajstić information content (AvgIpc) is 3.19. The van der Waals surface area contributed by atoms with Gasteiger partial charge in [0.05, 0.1) is 6.54 Å². The Morgan fingerprint density at radius 3 is 2.17 bits per heavy atom. The van der Waals surface area contributed by atoms with E-state index in [0.29, 0.717) is 31.3 Å². The second-order valence-electron chi connectivity index (χ2n) is 8.03.